The molecule has 0 saturated carbocycles. The van der Waals surface area contributed by atoms with Gasteiger partial charge in [-0.1, -0.05) is 42.5 Å². The van der Waals surface area contributed by atoms with Gasteiger partial charge in [-0.15, -0.1) is 0 Å². The highest BCUT2D eigenvalue weighted by molar-refractivity contribution is 5.86. The number of benzene rings is 3. The summed E-state index contributed by atoms with van der Waals surface area (Å²) in [7, 11) is 0. The number of carbonyl (C=O) groups excluding carboxylic acids is 1. The van der Waals surface area contributed by atoms with E-state index in [2.05, 4.69) is 71.7 Å². The normalized spacial score (nSPS) is 17.8. The fourth-order valence-corrected chi connectivity index (χ4v) is 4.45. The summed E-state index contributed by atoms with van der Waals surface area (Å²) in [5.74, 6) is 0.332. The van der Waals surface area contributed by atoms with Crippen molar-refractivity contribution >= 4 is 22.4 Å². The van der Waals surface area contributed by atoms with Crippen LogP contribution in [0.15, 0.2) is 66.7 Å². The first-order valence-corrected chi connectivity index (χ1v) is 11.5. The lowest BCUT2D eigenvalue weighted by Gasteiger charge is -2.23. The van der Waals surface area contributed by atoms with Crippen molar-refractivity contribution < 1.29 is 14.3 Å². The average molecular weight is 433 g/mol. The molecule has 0 aliphatic carbocycles. The predicted octanol–water partition coefficient (Wildman–Crippen LogP) is 5.10. The Morgan fingerprint density at radius 1 is 1.06 bits per heavy atom. The summed E-state index contributed by atoms with van der Waals surface area (Å²) in [6, 6.07) is 23.8. The summed E-state index contributed by atoms with van der Waals surface area (Å²) >= 11 is 0. The van der Waals surface area contributed by atoms with Crippen molar-refractivity contribution in [3.63, 3.8) is 0 Å². The Kier molecular flexibility index (Phi) is 6.96. The van der Waals surface area contributed by atoms with Crippen LogP contribution in [0.4, 0.5) is 5.69 Å². The number of carbonyl (C=O) groups is 1. The van der Waals surface area contributed by atoms with Crippen molar-refractivity contribution in [1.82, 2.24) is 5.32 Å². The van der Waals surface area contributed by atoms with Gasteiger partial charge in [0.25, 0.3) is 0 Å². The van der Waals surface area contributed by atoms with Gasteiger partial charge in [0, 0.05) is 30.9 Å². The second-order valence-corrected chi connectivity index (χ2v) is 8.39. The van der Waals surface area contributed by atoms with Crippen molar-refractivity contribution in [2.45, 2.75) is 45.4 Å². The smallest absolute Gasteiger partial charge is 0.347 e. The molecule has 1 aliphatic heterocycles. The second kappa shape index (κ2) is 10.0. The highest BCUT2D eigenvalue weighted by Crippen LogP contribution is 2.27. The molecule has 0 bridgehead atoms. The van der Waals surface area contributed by atoms with Crippen molar-refractivity contribution in [2.24, 2.45) is 0 Å². The lowest BCUT2D eigenvalue weighted by Crippen LogP contribution is -2.34. The van der Waals surface area contributed by atoms with Crippen molar-refractivity contribution in [3.8, 4) is 5.75 Å². The molecule has 4 rings (SSSR count). The third kappa shape index (κ3) is 5.05. The number of anilines is 1. The summed E-state index contributed by atoms with van der Waals surface area (Å²) in [5.41, 5.74) is 2.52. The van der Waals surface area contributed by atoms with E-state index in [1.165, 1.54) is 22.0 Å². The van der Waals surface area contributed by atoms with Crippen LogP contribution in [-0.2, 0) is 9.53 Å². The molecule has 0 spiro atoms. The molecule has 1 saturated heterocycles. The number of hydrogen-bond donors (Lipinski definition) is 1. The summed E-state index contributed by atoms with van der Waals surface area (Å²) in [4.78, 5) is 14.2. The fourth-order valence-electron chi connectivity index (χ4n) is 4.45. The van der Waals surface area contributed by atoms with Gasteiger partial charge < -0.3 is 19.7 Å². The third-order valence-electron chi connectivity index (χ3n) is 6.10. The third-order valence-corrected chi connectivity index (χ3v) is 6.10. The number of ether oxygens (including phenoxy) is 2. The zero-order chi connectivity index (χ0) is 22.5. The van der Waals surface area contributed by atoms with Crippen molar-refractivity contribution in [3.05, 3.63) is 72.3 Å². The molecule has 32 heavy (non-hydrogen) atoms. The molecule has 3 aromatic rings. The molecule has 0 aromatic heterocycles. The van der Waals surface area contributed by atoms with Crippen molar-refractivity contribution in [1.29, 1.82) is 0 Å². The molecule has 1 aliphatic rings. The topological polar surface area (TPSA) is 50.8 Å². The second-order valence-electron chi connectivity index (χ2n) is 8.39. The van der Waals surface area contributed by atoms with Crippen LogP contribution in [-0.4, -0.2) is 37.8 Å². The van der Waals surface area contributed by atoms with E-state index < -0.39 is 6.10 Å². The number of nitrogens with zero attached hydrogens (tertiary/aromatic N) is 1. The summed E-state index contributed by atoms with van der Waals surface area (Å²) in [6.07, 6.45) is 0.490. The van der Waals surface area contributed by atoms with Gasteiger partial charge in [-0.05, 0) is 67.8 Å². The zero-order valence-corrected chi connectivity index (χ0v) is 19.1. The van der Waals surface area contributed by atoms with Gasteiger partial charge in [0.2, 0.25) is 0 Å². The maximum absolute atomic E-state index is 11.8. The maximum Gasteiger partial charge on any atom is 0.347 e. The number of nitrogens with one attached hydrogen (secondary N) is 1. The first-order chi connectivity index (χ1) is 15.5. The molecule has 0 unspecified atom stereocenters. The van der Waals surface area contributed by atoms with Crippen LogP contribution in [0, 0.1) is 0 Å². The molecular formula is C27H32N2O3. The molecule has 3 aromatic carbocycles. The van der Waals surface area contributed by atoms with E-state index in [0.29, 0.717) is 18.4 Å². The lowest BCUT2D eigenvalue weighted by atomic mass is 9.99. The Balaban J connectivity index is 1.34. The zero-order valence-electron chi connectivity index (χ0n) is 19.1. The standard InChI is InChI=1S/C27H32N2O3/c1-4-31-27(30)20(3)32-24-14-12-23(13-15-24)29-17-16-22(18-29)28-19(2)25-11-7-9-21-8-5-6-10-26(21)25/h5-15,19-20,22,28H,4,16-18H2,1-3H3/t19-,20-,22+/m1/s1. The van der Waals surface area contributed by atoms with Gasteiger partial charge in [0.05, 0.1) is 6.61 Å². The first kappa shape index (κ1) is 22.2. The number of fused-ring (bicyclic) bond motifs is 1. The van der Waals surface area contributed by atoms with Crippen LogP contribution in [0.5, 0.6) is 5.75 Å². The predicted molar refractivity (Wildman–Crippen MR) is 129 cm³/mol. The van der Waals surface area contributed by atoms with E-state index >= 15 is 0 Å². The lowest BCUT2D eigenvalue weighted by molar-refractivity contribution is -0.150. The monoisotopic (exact) mass is 432 g/mol. The molecule has 5 nitrogen and oxygen atoms in total. The molecule has 5 heteroatoms. The van der Waals surface area contributed by atoms with Crippen molar-refractivity contribution in [2.75, 3.05) is 24.6 Å². The van der Waals surface area contributed by atoms with Crippen LogP contribution in [0.3, 0.4) is 0 Å². The van der Waals surface area contributed by atoms with Gasteiger partial charge in [-0.25, -0.2) is 4.79 Å². The van der Waals surface area contributed by atoms with E-state index in [-0.39, 0.29) is 12.0 Å². The van der Waals surface area contributed by atoms with E-state index in [9.17, 15) is 4.79 Å². The van der Waals surface area contributed by atoms with Crippen LogP contribution < -0.4 is 15.0 Å². The van der Waals surface area contributed by atoms with E-state index in [0.717, 1.165) is 19.5 Å². The van der Waals surface area contributed by atoms with Gasteiger partial charge in [0.1, 0.15) is 5.75 Å². The van der Waals surface area contributed by atoms with Gasteiger partial charge in [0.15, 0.2) is 6.10 Å². The quantitative estimate of drug-likeness (QED) is 0.502. The van der Waals surface area contributed by atoms with Gasteiger partial charge in [-0.3, -0.25) is 0 Å². The first-order valence-electron chi connectivity index (χ1n) is 11.5. The fraction of sp³-hybridized carbons (Fsp3) is 0.370. The van der Waals surface area contributed by atoms with Crippen LogP contribution in [0.1, 0.15) is 38.8 Å². The minimum atomic E-state index is -0.614. The van der Waals surface area contributed by atoms with Crippen LogP contribution in [0.25, 0.3) is 10.8 Å². The summed E-state index contributed by atoms with van der Waals surface area (Å²) < 4.78 is 10.7. The molecule has 0 amide bonds. The summed E-state index contributed by atoms with van der Waals surface area (Å²) in [6.45, 7) is 8.09. The molecule has 1 N–H and O–H groups in total. The Hall–Kier alpha value is -3.05. The number of hydrogen-bond acceptors (Lipinski definition) is 5. The molecule has 1 fully saturated rings. The minimum absolute atomic E-state index is 0.284. The molecule has 168 valence electrons. The summed E-state index contributed by atoms with van der Waals surface area (Å²) in [5, 5.41) is 6.43. The van der Waals surface area contributed by atoms with Gasteiger partial charge in [-0.2, -0.15) is 0 Å². The molecule has 1 heterocycles. The van der Waals surface area contributed by atoms with Crippen LogP contribution in [0.2, 0.25) is 0 Å². The van der Waals surface area contributed by atoms with Crippen LogP contribution >= 0.6 is 0 Å². The van der Waals surface area contributed by atoms with Gasteiger partial charge >= 0.3 is 5.97 Å². The Morgan fingerprint density at radius 2 is 1.81 bits per heavy atom. The largest absolute Gasteiger partial charge is 0.479 e. The average Bonchev–Trinajstić information content (AvgIpc) is 3.27. The number of esters is 1. The Morgan fingerprint density at radius 3 is 2.59 bits per heavy atom. The van der Waals surface area contributed by atoms with E-state index in [1.807, 2.05) is 12.1 Å². The Labute approximate surface area is 190 Å². The minimum Gasteiger partial charge on any atom is -0.479 e. The SMILES string of the molecule is CCOC(=O)[C@@H](C)Oc1ccc(N2CC[C@H](N[C@H](C)c3cccc4ccccc34)C2)cc1. The highest BCUT2D eigenvalue weighted by atomic mass is 16.6. The van der Waals surface area contributed by atoms with E-state index in [1.54, 1.807) is 13.8 Å². The van der Waals surface area contributed by atoms with E-state index in [4.69, 9.17) is 9.47 Å². The maximum atomic E-state index is 11.8. The molecule has 3 atom stereocenters. The Bertz CT molecular complexity index is 1040. The molecular weight excluding hydrogens is 400 g/mol. The number of rotatable bonds is 8. The molecule has 0 radical (unpaired) electrons. The highest BCUT2D eigenvalue weighted by Gasteiger charge is 2.25.